The number of ketones is 1. The molecule has 6 aliphatic rings. The van der Waals surface area contributed by atoms with Crippen LogP contribution in [-0.2, 0) is 25.7 Å². The van der Waals surface area contributed by atoms with Gasteiger partial charge in [-0.3, -0.25) is 14.4 Å². The monoisotopic (exact) mass is 762 g/mol. The number of Topliss-reactive ketones (excluding diaryl/α,β-unsaturated/α-hetero) is 1. The van der Waals surface area contributed by atoms with Gasteiger partial charge in [-0.25, -0.2) is 4.79 Å². The number of carboxylic acid groups (broad SMARTS) is 1. The molecule has 5 saturated carbocycles. The first-order valence-electron chi connectivity index (χ1n) is 20.6. The molecule has 8 nitrogen and oxygen atoms in total. The van der Waals surface area contributed by atoms with Gasteiger partial charge in [-0.2, -0.15) is 0 Å². The second-order valence-corrected chi connectivity index (χ2v) is 20.9. The van der Waals surface area contributed by atoms with E-state index in [1.54, 1.807) is 0 Å². The quantitative estimate of drug-likeness (QED) is 0.238. The maximum Gasteiger partial charge on any atom is 0.315 e. The molecule has 1 aromatic rings. The molecule has 5 fully saturated rings. The molecule has 0 radical (unpaired) electrons. The SMILES string of the molecule is CC(C)C1=C2[C@H]3CC[C@@H]4[C@@]5(C)CC[C@H](OC(=O)[C@H]6C[C@@H](C(=O)O)C6(C)C)C(C)(C)[C@@H]5CC[C@@]4(C)[C@]3(C)CC[C@@]2(NC(=O)NCc2ccc(Cl)cc2)CC1=O. The number of aliphatic carboxylic acids is 1. The van der Waals surface area contributed by atoms with Crippen molar-refractivity contribution < 1.29 is 29.0 Å². The van der Waals surface area contributed by atoms with Gasteiger partial charge in [-0.1, -0.05) is 86.0 Å². The number of hydrogen-bond acceptors (Lipinski definition) is 5. The number of hydrogen-bond donors (Lipinski definition) is 3. The zero-order valence-electron chi connectivity index (χ0n) is 34.0. The van der Waals surface area contributed by atoms with Gasteiger partial charge in [0.05, 0.1) is 17.4 Å². The highest BCUT2D eigenvalue weighted by molar-refractivity contribution is 6.30. The summed E-state index contributed by atoms with van der Waals surface area (Å²) in [5.74, 6) is -0.643. The van der Waals surface area contributed by atoms with E-state index in [-0.39, 0.29) is 63.3 Å². The van der Waals surface area contributed by atoms with Gasteiger partial charge in [0.25, 0.3) is 0 Å². The standard InChI is InChI=1S/C45H63ClN2O6/c1-25(2)35-31(49)23-45(48-39(53)47-24-26-10-12-27(46)13-11-26)21-20-43(8)28(36(35)45)14-15-33-42(7)18-17-34(41(5,6)32(42)16-19-44(33,43)9)54-38(52)30-22-29(37(50)51)40(30,3)4/h10-13,25,28-30,32-34H,14-24H2,1-9H3,(H,50,51)(H2,47,48,53)/t28-,29+,30-,32+,33-,34+,42+,43-,44-,45-/m1/s1. The van der Waals surface area contributed by atoms with Gasteiger partial charge in [0.15, 0.2) is 5.78 Å². The van der Waals surface area contributed by atoms with Crippen LogP contribution in [-0.4, -0.2) is 40.5 Å². The van der Waals surface area contributed by atoms with Crippen molar-refractivity contribution in [2.75, 3.05) is 0 Å². The smallest absolute Gasteiger partial charge is 0.315 e. The number of nitrogens with one attached hydrogen (secondary N) is 2. The molecular weight excluding hydrogens is 700 g/mol. The molecule has 10 atom stereocenters. The third-order valence-corrected chi connectivity index (χ3v) is 17.4. The minimum atomic E-state index is -0.835. The number of carbonyl (C=O) groups is 4. The minimum absolute atomic E-state index is 0.0340. The summed E-state index contributed by atoms with van der Waals surface area (Å²) in [6.07, 6.45) is 8.16. The van der Waals surface area contributed by atoms with Gasteiger partial charge in [0.2, 0.25) is 0 Å². The molecule has 296 valence electrons. The summed E-state index contributed by atoms with van der Waals surface area (Å²) >= 11 is 6.08. The predicted molar refractivity (Wildman–Crippen MR) is 209 cm³/mol. The minimum Gasteiger partial charge on any atom is -0.481 e. The number of benzene rings is 1. The van der Waals surface area contributed by atoms with Crippen LogP contribution in [0.2, 0.25) is 5.02 Å². The largest absolute Gasteiger partial charge is 0.481 e. The van der Waals surface area contributed by atoms with Crippen molar-refractivity contribution in [3.63, 3.8) is 0 Å². The summed E-state index contributed by atoms with van der Waals surface area (Å²) in [6.45, 7) is 20.6. The van der Waals surface area contributed by atoms with E-state index in [0.29, 0.717) is 36.2 Å². The molecule has 9 heteroatoms. The third-order valence-electron chi connectivity index (χ3n) is 17.2. The zero-order valence-corrected chi connectivity index (χ0v) is 34.8. The van der Waals surface area contributed by atoms with Crippen molar-refractivity contribution >= 4 is 35.4 Å². The number of urea groups is 1. The lowest BCUT2D eigenvalue weighted by Crippen LogP contribution is -2.67. The number of amides is 2. The van der Waals surface area contributed by atoms with E-state index in [0.717, 1.165) is 62.5 Å². The fraction of sp³-hybridized carbons (Fsp3) is 0.733. The molecule has 2 amide bonds. The van der Waals surface area contributed by atoms with Gasteiger partial charge < -0.3 is 20.5 Å². The predicted octanol–water partition coefficient (Wildman–Crippen LogP) is 9.53. The van der Waals surface area contributed by atoms with Crippen LogP contribution in [0.1, 0.15) is 132 Å². The molecule has 1 aromatic carbocycles. The Balaban J connectivity index is 1.12. The first kappa shape index (κ1) is 39.4. The van der Waals surface area contributed by atoms with Crippen molar-refractivity contribution in [1.82, 2.24) is 10.6 Å². The highest BCUT2D eigenvalue weighted by Crippen LogP contribution is 2.76. The Morgan fingerprint density at radius 1 is 0.852 bits per heavy atom. The maximum atomic E-state index is 14.0. The second kappa shape index (κ2) is 13.1. The zero-order chi connectivity index (χ0) is 39.4. The molecule has 0 heterocycles. The molecule has 6 aliphatic carbocycles. The number of carbonyl (C=O) groups excluding carboxylic acids is 3. The molecule has 54 heavy (non-hydrogen) atoms. The Morgan fingerprint density at radius 2 is 1.54 bits per heavy atom. The average Bonchev–Trinajstić information content (AvgIpc) is 3.37. The number of halogens is 1. The van der Waals surface area contributed by atoms with E-state index in [2.05, 4.69) is 59.1 Å². The topological polar surface area (TPSA) is 122 Å². The van der Waals surface area contributed by atoms with E-state index in [4.69, 9.17) is 16.3 Å². The van der Waals surface area contributed by atoms with Crippen LogP contribution in [0.4, 0.5) is 4.79 Å². The number of ether oxygens (including phenoxy) is 1. The summed E-state index contributed by atoms with van der Waals surface area (Å²) in [5, 5.41) is 16.8. The fourth-order valence-electron chi connectivity index (χ4n) is 14.0. The maximum absolute atomic E-state index is 14.0. The van der Waals surface area contributed by atoms with Crippen LogP contribution in [0, 0.1) is 62.6 Å². The molecule has 0 spiro atoms. The number of fused-ring (bicyclic) bond motifs is 7. The van der Waals surface area contributed by atoms with Crippen molar-refractivity contribution in [2.45, 2.75) is 145 Å². The summed E-state index contributed by atoms with van der Waals surface area (Å²) in [6, 6.07) is 7.24. The lowest BCUT2D eigenvalue weighted by Gasteiger charge is -2.72. The van der Waals surface area contributed by atoms with Gasteiger partial charge in [-0.05, 0) is 132 Å². The molecule has 0 aliphatic heterocycles. The van der Waals surface area contributed by atoms with E-state index in [1.807, 2.05) is 38.1 Å². The highest BCUT2D eigenvalue weighted by atomic mass is 35.5. The van der Waals surface area contributed by atoms with Crippen molar-refractivity contribution in [1.29, 1.82) is 0 Å². The van der Waals surface area contributed by atoms with Crippen molar-refractivity contribution in [2.24, 2.45) is 62.6 Å². The molecule has 3 N–H and O–H groups in total. The first-order valence-corrected chi connectivity index (χ1v) is 21.0. The van der Waals surface area contributed by atoms with Crippen LogP contribution < -0.4 is 10.6 Å². The third kappa shape index (κ3) is 5.71. The van der Waals surface area contributed by atoms with Crippen LogP contribution in [0.25, 0.3) is 0 Å². The van der Waals surface area contributed by atoms with E-state index in [9.17, 15) is 24.3 Å². The normalized spacial score (nSPS) is 40.4. The van der Waals surface area contributed by atoms with Crippen molar-refractivity contribution in [3.05, 3.63) is 46.0 Å². The van der Waals surface area contributed by atoms with Crippen LogP contribution >= 0.6 is 11.6 Å². The van der Waals surface area contributed by atoms with Gasteiger partial charge in [0.1, 0.15) is 6.10 Å². The van der Waals surface area contributed by atoms with E-state index < -0.39 is 22.8 Å². The summed E-state index contributed by atoms with van der Waals surface area (Å²) in [5.41, 5.74) is 1.67. The fourth-order valence-corrected chi connectivity index (χ4v) is 14.1. The number of esters is 1. The van der Waals surface area contributed by atoms with Crippen molar-refractivity contribution in [3.8, 4) is 0 Å². The Bertz CT molecular complexity index is 1770. The van der Waals surface area contributed by atoms with E-state index >= 15 is 0 Å². The molecular formula is C45H63ClN2O6. The van der Waals surface area contributed by atoms with Crippen LogP contribution in [0.15, 0.2) is 35.4 Å². The Morgan fingerprint density at radius 3 is 2.17 bits per heavy atom. The molecule has 0 unspecified atom stereocenters. The van der Waals surface area contributed by atoms with Gasteiger partial charge in [0, 0.05) is 23.4 Å². The highest BCUT2D eigenvalue weighted by Gasteiger charge is 2.70. The Hall–Kier alpha value is -2.87. The van der Waals surface area contributed by atoms with Crippen LogP contribution in [0.5, 0.6) is 0 Å². The van der Waals surface area contributed by atoms with Crippen LogP contribution in [0.3, 0.4) is 0 Å². The van der Waals surface area contributed by atoms with E-state index in [1.165, 1.54) is 5.57 Å². The molecule has 0 saturated heterocycles. The Labute approximate surface area is 327 Å². The molecule has 0 aromatic heterocycles. The Kier molecular flexibility index (Phi) is 9.55. The van der Waals surface area contributed by atoms with Gasteiger partial charge >= 0.3 is 18.0 Å². The lowest BCUT2D eigenvalue weighted by atomic mass is 9.33. The number of carboxylic acids is 1. The van der Waals surface area contributed by atoms with Gasteiger partial charge in [-0.15, -0.1) is 0 Å². The average molecular weight is 763 g/mol. The number of rotatable bonds is 7. The summed E-state index contributed by atoms with van der Waals surface area (Å²) < 4.78 is 6.40. The molecule has 0 bridgehead atoms. The number of allylic oxidation sites excluding steroid dienone is 1. The summed E-state index contributed by atoms with van der Waals surface area (Å²) in [4.78, 5) is 53.0. The molecule has 7 rings (SSSR count). The second-order valence-electron chi connectivity index (χ2n) is 20.5. The first-order chi connectivity index (χ1) is 25.1. The summed E-state index contributed by atoms with van der Waals surface area (Å²) in [7, 11) is 0. The lowest BCUT2D eigenvalue weighted by molar-refractivity contribution is -0.235.